The minimum atomic E-state index is -4.69. The van der Waals surface area contributed by atoms with E-state index in [1.807, 2.05) is 0 Å². The number of nitrogens with one attached hydrogen (secondary N) is 1. The van der Waals surface area contributed by atoms with E-state index >= 15 is 0 Å². The molecule has 108 valence electrons. The van der Waals surface area contributed by atoms with E-state index in [9.17, 15) is 21.6 Å². The lowest BCUT2D eigenvalue weighted by Gasteiger charge is -2.09. The van der Waals surface area contributed by atoms with Gasteiger partial charge in [0.2, 0.25) is 5.82 Å². The van der Waals surface area contributed by atoms with Crippen molar-refractivity contribution < 1.29 is 21.6 Å². The van der Waals surface area contributed by atoms with Gasteiger partial charge in [0.15, 0.2) is 0 Å². The quantitative estimate of drug-likeness (QED) is 0.664. The van der Waals surface area contributed by atoms with Crippen molar-refractivity contribution in [2.75, 3.05) is 23.9 Å². The molecule has 0 aliphatic heterocycles. The highest BCUT2D eigenvalue weighted by atomic mass is 35.5. The van der Waals surface area contributed by atoms with Gasteiger partial charge in [0.05, 0.1) is 5.75 Å². The Balaban J connectivity index is 2.67. The third kappa shape index (κ3) is 6.06. The molecule has 0 radical (unpaired) electrons. The lowest BCUT2D eigenvalue weighted by Crippen LogP contribution is -2.15. The van der Waals surface area contributed by atoms with Gasteiger partial charge >= 0.3 is 6.18 Å². The molecule has 0 aliphatic rings. The number of anilines is 1. The second-order valence-corrected chi connectivity index (χ2v) is 6.45. The predicted molar refractivity (Wildman–Crippen MR) is 64.9 cm³/mol. The number of sulfone groups is 1. The molecule has 0 fully saturated rings. The van der Waals surface area contributed by atoms with Crippen molar-refractivity contribution >= 4 is 27.3 Å². The smallest absolute Gasteiger partial charge is 0.370 e. The number of hydrogen-bond donors (Lipinski definition) is 1. The van der Waals surface area contributed by atoms with E-state index in [4.69, 9.17) is 11.6 Å². The summed E-state index contributed by atoms with van der Waals surface area (Å²) in [6.45, 7) is 0.164. The lowest BCUT2D eigenvalue weighted by molar-refractivity contribution is -0.144. The third-order valence-electron chi connectivity index (χ3n) is 1.95. The minimum absolute atomic E-state index is 0.0645. The third-order valence-corrected chi connectivity index (χ3v) is 3.17. The highest BCUT2D eigenvalue weighted by Crippen LogP contribution is 2.28. The van der Waals surface area contributed by atoms with Crippen LogP contribution in [0.4, 0.5) is 19.0 Å². The number of hydrogen-bond acceptors (Lipinski definition) is 5. The fraction of sp³-hybridized carbons (Fsp3) is 0.556. The first-order valence-electron chi connectivity index (χ1n) is 5.11. The van der Waals surface area contributed by atoms with E-state index in [0.717, 1.165) is 12.3 Å². The molecule has 0 amide bonds. The molecule has 1 heterocycles. The number of rotatable bonds is 5. The summed E-state index contributed by atoms with van der Waals surface area (Å²) in [6.07, 6.45) is -3.35. The summed E-state index contributed by atoms with van der Waals surface area (Å²) in [5.41, 5.74) is 0. The second-order valence-electron chi connectivity index (χ2n) is 3.81. The summed E-state index contributed by atoms with van der Waals surface area (Å²) in [6, 6.07) is 1.14. The van der Waals surface area contributed by atoms with Gasteiger partial charge in [-0.05, 0) is 6.42 Å². The zero-order valence-electron chi connectivity index (χ0n) is 9.83. The Labute approximate surface area is 113 Å². The lowest BCUT2D eigenvalue weighted by atomic mass is 10.4. The molecule has 0 atom stereocenters. The Kier molecular flexibility index (Phi) is 4.97. The Morgan fingerprint density at radius 1 is 1.37 bits per heavy atom. The molecule has 5 nitrogen and oxygen atoms in total. The van der Waals surface area contributed by atoms with Crippen LogP contribution in [0.25, 0.3) is 0 Å². The number of nitrogens with zero attached hydrogens (tertiary/aromatic N) is 2. The number of aromatic nitrogens is 2. The van der Waals surface area contributed by atoms with Crippen LogP contribution in [-0.4, -0.2) is 36.9 Å². The summed E-state index contributed by atoms with van der Waals surface area (Å²) in [5, 5.41) is 2.23. The van der Waals surface area contributed by atoms with Crippen molar-refractivity contribution in [2.45, 2.75) is 12.6 Å². The summed E-state index contributed by atoms with van der Waals surface area (Å²) in [5.74, 6) is -1.50. The molecule has 0 bridgehead atoms. The maximum absolute atomic E-state index is 12.4. The summed E-state index contributed by atoms with van der Waals surface area (Å²) >= 11 is 5.45. The normalized spacial score (nSPS) is 12.5. The van der Waals surface area contributed by atoms with E-state index < -0.39 is 21.8 Å². The first-order valence-corrected chi connectivity index (χ1v) is 7.55. The Morgan fingerprint density at radius 3 is 2.53 bits per heavy atom. The standard InChI is InChI=1S/C9H11ClF3N3O2S/c1-19(17,18)4-2-3-14-7-5-6(10)15-8(16-7)9(11,12)13/h5H,2-4H2,1H3,(H,14,15,16). The van der Waals surface area contributed by atoms with Gasteiger partial charge in [-0.25, -0.2) is 18.4 Å². The number of alkyl halides is 3. The van der Waals surface area contributed by atoms with Gasteiger partial charge < -0.3 is 5.32 Å². The van der Waals surface area contributed by atoms with Gasteiger partial charge in [0.25, 0.3) is 0 Å². The summed E-state index contributed by atoms with van der Waals surface area (Å²) < 4.78 is 58.9. The van der Waals surface area contributed by atoms with Crippen molar-refractivity contribution in [3.05, 3.63) is 17.0 Å². The molecule has 1 aromatic heterocycles. The van der Waals surface area contributed by atoms with Gasteiger partial charge in [-0.2, -0.15) is 13.2 Å². The second kappa shape index (κ2) is 5.91. The van der Waals surface area contributed by atoms with Crippen molar-refractivity contribution in [3.8, 4) is 0 Å². The number of halogens is 4. The Bertz CT molecular complexity index is 548. The molecule has 1 N–H and O–H groups in total. The van der Waals surface area contributed by atoms with Crippen LogP contribution in [0, 0.1) is 0 Å². The van der Waals surface area contributed by atoms with Crippen LogP contribution in [0.3, 0.4) is 0 Å². The van der Waals surface area contributed by atoms with Crippen molar-refractivity contribution in [1.82, 2.24) is 9.97 Å². The molecule has 0 spiro atoms. The van der Waals surface area contributed by atoms with Gasteiger partial charge in [-0.15, -0.1) is 0 Å². The highest BCUT2D eigenvalue weighted by molar-refractivity contribution is 7.90. The van der Waals surface area contributed by atoms with Crippen LogP contribution in [0.2, 0.25) is 5.15 Å². The Hall–Kier alpha value is -1.09. The molecule has 10 heteroatoms. The first kappa shape index (κ1) is 16.0. The Morgan fingerprint density at radius 2 is 2.00 bits per heavy atom. The fourth-order valence-electron chi connectivity index (χ4n) is 1.19. The van der Waals surface area contributed by atoms with Crippen LogP contribution in [-0.2, 0) is 16.0 Å². The molecule has 0 saturated carbocycles. The summed E-state index contributed by atoms with van der Waals surface area (Å²) in [4.78, 5) is 6.32. The maximum atomic E-state index is 12.4. The van der Waals surface area contributed by atoms with E-state index in [1.165, 1.54) is 0 Å². The molecule has 1 rings (SSSR count). The largest absolute Gasteiger partial charge is 0.451 e. The highest BCUT2D eigenvalue weighted by Gasteiger charge is 2.35. The van der Waals surface area contributed by atoms with Gasteiger partial charge in [-0.3, -0.25) is 0 Å². The molecular weight excluding hydrogens is 307 g/mol. The van der Waals surface area contributed by atoms with Crippen molar-refractivity contribution in [2.24, 2.45) is 0 Å². The van der Waals surface area contributed by atoms with Crippen LogP contribution in [0.15, 0.2) is 6.07 Å². The van der Waals surface area contributed by atoms with Crippen LogP contribution in [0.1, 0.15) is 12.2 Å². The monoisotopic (exact) mass is 317 g/mol. The first-order chi connectivity index (χ1) is 8.58. The molecule has 0 aromatic carbocycles. The van der Waals surface area contributed by atoms with E-state index in [0.29, 0.717) is 0 Å². The minimum Gasteiger partial charge on any atom is -0.370 e. The maximum Gasteiger partial charge on any atom is 0.451 e. The molecule has 19 heavy (non-hydrogen) atoms. The average Bonchev–Trinajstić information content (AvgIpc) is 2.21. The fourth-order valence-corrected chi connectivity index (χ4v) is 2.04. The van der Waals surface area contributed by atoms with Crippen LogP contribution < -0.4 is 5.32 Å². The SMILES string of the molecule is CS(=O)(=O)CCCNc1cc(Cl)nc(C(F)(F)F)n1. The van der Waals surface area contributed by atoms with Gasteiger partial charge in [0.1, 0.15) is 20.8 Å². The topological polar surface area (TPSA) is 72.0 Å². The van der Waals surface area contributed by atoms with Gasteiger partial charge in [0, 0.05) is 18.9 Å². The molecule has 0 saturated heterocycles. The van der Waals surface area contributed by atoms with Crippen molar-refractivity contribution in [1.29, 1.82) is 0 Å². The van der Waals surface area contributed by atoms with E-state index in [-0.39, 0.29) is 29.7 Å². The molecular formula is C9H11ClF3N3O2S. The summed E-state index contributed by atoms with van der Waals surface area (Å²) in [7, 11) is -3.10. The molecule has 0 unspecified atom stereocenters. The van der Waals surface area contributed by atoms with E-state index in [1.54, 1.807) is 0 Å². The van der Waals surface area contributed by atoms with Crippen LogP contribution >= 0.6 is 11.6 Å². The predicted octanol–water partition coefficient (Wildman–Crippen LogP) is 2.00. The van der Waals surface area contributed by atoms with E-state index in [2.05, 4.69) is 15.3 Å². The van der Waals surface area contributed by atoms with Crippen LogP contribution in [0.5, 0.6) is 0 Å². The van der Waals surface area contributed by atoms with Gasteiger partial charge in [-0.1, -0.05) is 11.6 Å². The average molecular weight is 318 g/mol. The molecule has 1 aromatic rings. The zero-order chi connectivity index (χ0) is 14.7. The zero-order valence-corrected chi connectivity index (χ0v) is 11.4. The van der Waals surface area contributed by atoms with Crippen molar-refractivity contribution in [3.63, 3.8) is 0 Å². The molecule has 0 aliphatic carbocycles.